The number of benzene rings is 3. The van der Waals surface area contributed by atoms with E-state index in [4.69, 9.17) is 4.74 Å². The molecular weight excluding hydrogens is 466 g/mol. The molecule has 5 rings (SSSR count). The molecule has 7 nitrogen and oxygen atoms in total. The first kappa shape index (κ1) is 24.8. The Morgan fingerprint density at radius 2 is 1.51 bits per heavy atom. The van der Waals surface area contributed by atoms with Crippen molar-refractivity contribution in [1.29, 1.82) is 0 Å². The fraction of sp³-hybridized carbons (Fsp3) is 0.367. The first-order valence-corrected chi connectivity index (χ1v) is 13.0. The molecule has 1 atom stereocenters. The smallest absolute Gasteiger partial charge is 0.254 e. The van der Waals surface area contributed by atoms with E-state index in [9.17, 15) is 14.4 Å². The number of carbonyl (C=O) groups excluding carboxylic acids is 3. The van der Waals surface area contributed by atoms with Gasteiger partial charge in [0.1, 0.15) is 5.75 Å². The molecule has 2 fully saturated rings. The van der Waals surface area contributed by atoms with Crippen LogP contribution in [0, 0.1) is 5.92 Å². The minimum atomic E-state index is -0.197. The van der Waals surface area contributed by atoms with Crippen LogP contribution in [-0.2, 0) is 4.79 Å². The molecule has 0 aromatic heterocycles. The molecule has 3 aromatic carbocycles. The van der Waals surface area contributed by atoms with Crippen molar-refractivity contribution >= 4 is 28.5 Å². The maximum absolute atomic E-state index is 13.5. The van der Waals surface area contributed by atoms with Crippen LogP contribution in [-0.4, -0.2) is 66.9 Å². The quantitative estimate of drug-likeness (QED) is 0.573. The van der Waals surface area contributed by atoms with Crippen molar-refractivity contribution in [3.8, 4) is 5.75 Å². The summed E-state index contributed by atoms with van der Waals surface area (Å²) in [6.45, 7) is 2.32. The maximum atomic E-state index is 13.5. The molecule has 3 amide bonds. The van der Waals surface area contributed by atoms with E-state index in [0.717, 1.165) is 42.2 Å². The van der Waals surface area contributed by atoms with Crippen LogP contribution >= 0.6 is 0 Å². The van der Waals surface area contributed by atoms with Crippen LogP contribution < -0.4 is 10.1 Å². The third kappa shape index (κ3) is 5.31. The summed E-state index contributed by atoms with van der Waals surface area (Å²) in [5, 5.41) is 4.86. The zero-order chi connectivity index (χ0) is 25.8. The highest BCUT2D eigenvalue weighted by Crippen LogP contribution is 2.30. The molecule has 192 valence electrons. The lowest BCUT2D eigenvalue weighted by atomic mass is 9.93. The summed E-state index contributed by atoms with van der Waals surface area (Å²) >= 11 is 0. The minimum absolute atomic E-state index is 0.0429. The van der Waals surface area contributed by atoms with E-state index in [0.29, 0.717) is 37.3 Å². The van der Waals surface area contributed by atoms with Gasteiger partial charge in [-0.2, -0.15) is 0 Å². The molecule has 0 spiro atoms. The van der Waals surface area contributed by atoms with Gasteiger partial charge in [0.15, 0.2) is 0 Å². The number of fused-ring (bicyclic) bond motifs is 1. The Morgan fingerprint density at radius 1 is 0.811 bits per heavy atom. The first-order valence-electron chi connectivity index (χ1n) is 13.0. The minimum Gasteiger partial charge on any atom is -0.496 e. The van der Waals surface area contributed by atoms with Gasteiger partial charge in [-0.25, -0.2) is 0 Å². The van der Waals surface area contributed by atoms with Crippen LogP contribution in [0.25, 0.3) is 10.8 Å². The van der Waals surface area contributed by atoms with Crippen LogP contribution in [0.5, 0.6) is 5.75 Å². The Morgan fingerprint density at radius 3 is 2.24 bits per heavy atom. The zero-order valence-corrected chi connectivity index (χ0v) is 21.2. The van der Waals surface area contributed by atoms with E-state index >= 15 is 0 Å². The molecule has 2 aliphatic rings. The number of hydrogen-bond acceptors (Lipinski definition) is 4. The number of ether oxygens (including phenoxy) is 1. The van der Waals surface area contributed by atoms with Crippen molar-refractivity contribution < 1.29 is 19.1 Å². The van der Waals surface area contributed by atoms with E-state index in [2.05, 4.69) is 5.32 Å². The van der Waals surface area contributed by atoms with Gasteiger partial charge >= 0.3 is 0 Å². The van der Waals surface area contributed by atoms with E-state index < -0.39 is 0 Å². The fourth-order valence-electron chi connectivity index (χ4n) is 5.53. The van der Waals surface area contributed by atoms with Crippen molar-refractivity contribution in [1.82, 2.24) is 15.1 Å². The van der Waals surface area contributed by atoms with Gasteiger partial charge in [-0.05, 0) is 55.3 Å². The van der Waals surface area contributed by atoms with E-state index in [1.165, 1.54) is 0 Å². The molecule has 3 aromatic rings. The van der Waals surface area contributed by atoms with Gasteiger partial charge in [0.25, 0.3) is 11.8 Å². The number of nitrogens with zero attached hydrogens (tertiary/aromatic N) is 2. The molecular formula is C30H33N3O4. The molecule has 0 radical (unpaired) electrons. The van der Waals surface area contributed by atoms with Crippen LogP contribution in [0.3, 0.4) is 0 Å². The molecule has 2 heterocycles. The predicted octanol–water partition coefficient (Wildman–Crippen LogP) is 4.12. The maximum Gasteiger partial charge on any atom is 0.254 e. The largest absolute Gasteiger partial charge is 0.496 e. The second-order valence-corrected chi connectivity index (χ2v) is 9.89. The topological polar surface area (TPSA) is 79.0 Å². The van der Waals surface area contributed by atoms with Crippen molar-refractivity contribution in [3.63, 3.8) is 0 Å². The monoisotopic (exact) mass is 499 g/mol. The molecule has 2 saturated heterocycles. The number of piperidine rings is 2. The molecule has 37 heavy (non-hydrogen) atoms. The van der Waals surface area contributed by atoms with Crippen molar-refractivity contribution in [3.05, 3.63) is 77.9 Å². The third-order valence-electron chi connectivity index (χ3n) is 7.57. The van der Waals surface area contributed by atoms with Crippen molar-refractivity contribution in [2.24, 2.45) is 5.92 Å². The Kier molecular flexibility index (Phi) is 7.40. The zero-order valence-electron chi connectivity index (χ0n) is 21.2. The molecule has 2 aliphatic heterocycles. The lowest BCUT2D eigenvalue weighted by molar-refractivity contribution is -0.138. The Balaban J connectivity index is 1.20. The summed E-state index contributed by atoms with van der Waals surface area (Å²) in [4.78, 5) is 43.1. The van der Waals surface area contributed by atoms with Gasteiger partial charge < -0.3 is 19.9 Å². The summed E-state index contributed by atoms with van der Waals surface area (Å²) in [6.07, 6.45) is 3.06. The summed E-state index contributed by atoms with van der Waals surface area (Å²) < 4.78 is 5.48. The van der Waals surface area contributed by atoms with Gasteiger partial charge in [0, 0.05) is 48.7 Å². The van der Waals surface area contributed by atoms with E-state index in [-0.39, 0.29) is 29.7 Å². The Labute approximate surface area is 217 Å². The fourth-order valence-corrected chi connectivity index (χ4v) is 5.53. The van der Waals surface area contributed by atoms with E-state index in [1.54, 1.807) is 19.2 Å². The van der Waals surface area contributed by atoms with Crippen LogP contribution in [0.15, 0.2) is 66.7 Å². The van der Waals surface area contributed by atoms with Crippen LogP contribution in [0.1, 0.15) is 46.4 Å². The summed E-state index contributed by atoms with van der Waals surface area (Å²) in [7, 11) is 1.63. The molecule has 1 N–H and O–H groups in total. The first-order chi connectivity index (χ1) is 18.0. The highest BCUT2D eigenvalue weighted by molar-refractivity contribution is 6.08. The molecule has 0 aliphatic carbocycles. The second-order valence-electron chi connectivity index (χ2n) is 9.89. The number of carbonyl (C=O) groups is 3. The highest BCUT2D eigenvalue weighted by atomic mass is 16.5. The number of amides is 3. The van der Waals surface area contributed by atoms with Gasteiger partial charge in [-0.1, -0.05) is 42.5 Å². The van der Waals surface area contributed by atoms with Gasteiger partial charge in [-0.3, -0.25) is 14.4 Å². The van der Waals surface area contributed by atoms with Crippen molar-refractivity contribution in [2.75, 3.05) is 33.3 Å². The lowest BCUT2D eigenvalue weighted by Crippen LogP contribution is -2.51. The highest BCUT2D eigenvalue weighted by Gasteiger charge is 2.34. The van der Waals surface area contributed by atoms with Crippen LogP contribution in [0.2, 0.25) is 0 Å². The van der Waals surface area contributed by atoms with Gasteiger partial charge in [-0.15, -0.1) is 0 Å². The average Bonchev–Trinajstić information content (AvgIpc) is 2.96. The number of hydrogen-bond donors (Lipinski definition) is 1. The molecule has 0 saturated carbocycles. The standard InChI is InChI=1S/C30H33N3O4/c1-37-27-14-13-26(24-11-5-6-12-25(24)27)30(36)33-17-7-10-22(20-33)29(35)32-18-15-23(16-19-32)31-28(34)21-8-3-2-4-9-21/h2-6,8-9,11-14,22-23H,7,10,15-20H2,1H3,(H,31,34)/t22-/m1/s1. The summed E-state index contributed by atoms with van der Waals surface area (Å²) in [5.41, 5.74) is 1.29. The Bertz CT molecular complexity index is 1280. The van der Waals surface area contributed by atoms with Crippen LogP contribution in [0.4, 0.5) is 0 Å². The number of nitrogens with one attached hydrogen (secondary N) is 1. The van der Waals surface area contributed by atoms with Crippen molar-refractivity contribution in [2.45, 2.75) is 31.7 Å². The van der Waals surface area contributed by atoms with E-state index in [1.807, 2.05) is 64.4 Å². The predicted molar refractivity (Wildman–Crippen MR) is 143 cm³/mol. The molecule has 0 unspecified atom stereocenters. The average molecular weight is 500 g/mol. The lowest BCUT2D eigenvalue weighted by Gasteiger charge is -2.38. The second kappa shape index (κ2) is 11.0. The van der Waals surface area contributed by atoms with Gasteiger partial charge in [0.2, 0.25) is 5.91 Å². The molecule has 0 bridgehead atoms. The third-order valence-corrected chi connectivity index (χ3v) is 7.57. The Hall–Kier alpha value is -3.87. The summed E-state index contributed by atoms with van der Waals surface area (Å²) in [6, 6.07) is 20.7. The number of rotatable bonds is 5. The SMILES string of the molecule is COc1ccc(C(=O)N2CCC[C@@H](C(=O)N3CCC(NC(=O)c4ccccc4)CC3)C2)c2ccccc12. The molecule has 7 heteroatoms. The normalized spacial score (nSPS) is 18.5. The number of methoxy groups -OCH3 is 1. The number of likely N-dealkylation sites (tertiary alicyclic amines) is 2. The summed E-state index contributed by atoms with van der Waals surface area (Å²) in [5.74, 6) is 0.543. The van der Waals surface area contributed by atoms with Gasteiger partial charge in [0.05, 0.1) is 13.0 Å².